The summed E-state index contributed by atoms with van der Waals surface area (Å²) in [6.07, 6.45) is 1.52. The van der Waals surface area contributed by atoms with Gasteiger partial charge < -0.3 is 10.4 Å². The number of aliphatic hydroxyl groups excluding tert-OH is 1. The lowest BCUT2D eigenvalue weighted by molar-refractivity contribution is 0.0901. The molecule has 2 N–H and O–H groups in total. The zero-order valence-electron chi connectivity index (χ0n) is 12.1. The molecule has 1 aliphatic rings. The molecule has 7 heteroatoms. The Bertz CT molecular complexity index is 606. The number of aliphatic hydroxyl groups is 1. The lowest BCUT2D eigenvalue weighted by atomic mass is 10.2. The smallest absolute Gasteiger partial charge is 0.251 e. The summed E-state index contributed by atoms with van der Waals surface area (Å²) in [5.41, 5.74) is 0.371. The Morgan fingerprint density at radius 2 is 1.90 bits per heavy atom. The molecule has 1 fully saturated rings. The number of amides is 1. The number of nitrogens with zero attached hydrogens (tertiary/aromatic N) is 1. The van der Waals surface area contributed by atoms with Gasteiger partial charge >= 0.3 is 0 Å². The SMILES string of the molecule is CN(C)S(=O)(=O)c1ccc(C(=O)NCC(O)C2CC2)cc1. The van der Waals surface area contributed by atoms with E-state index in [1.165, 1.54) is 38.4 Å². The molecule has 2 rings (SSSR count). The molecule has 21 heavy (non-hydrogen) atoms. The van der Waals surface area contributed by atoms with E-state index >= 15 is 0 Å². The summed E-state index contributed by atoms with van der Waals surface area (Å²) in [4.78, 5) is 12.0. The maximum Gasteiger partial charge on any atom is 0.251 e. The Morgan fingerprint density at radius 3 is 2.38 bits per heavy atom. The van der Waals surface area contributed by atoms with E-state index in [0.717, 1.165) is 17.1 Å². The van der Waals surface area contributed by atoms with Crippen LogP contribution in [-0.4, -0.2) is 50.5 Å². The summed E-state index contributed by atoms with van der Waals surface area (Å²) < 4.78 is 24.9. The number of carbonyl (C=O) groups excluding carboxylic acids is 1. The standard InChI is InChI=1S/C14H20N2O4S/c1-16(2)21(19,20)12-7-5-11(6-8-12)14(18)15-9-13(17)10-3-4-10/h5-8,10,13,17H,3-4,9H2,1-2H3,(H,15,18). The molecular formula is C14H20N2O4S. The molecule has 0 heterocycles. The van der Waals surface area contributed by atoms with Crippen LogP contribution in [0.15, 0.2) is 29.2 Å². The normalized spacial score (nSPS) is 16.8. The van der Waals surface area contributed by atoms with Crippen molar-refractivity contribution >= 4 is 15.9 Å². The van der Waals surface area contributed by atoms with Crippen molar-refractivity contribution in [2.45, 2.75) is 23.8 Å². The van der Waals surface area contributed by atoms with Crippen molar-refractivity contribution < 1.29 is 18.3 Å². The number of carbonyl (C=O) groups is 1. The summed E-state index contributed by atoms with van der Waals surface area (Å²) in [7, 11) is -0.579. The molecule has 0 spiro atoms. The van der Waals surface area contributed by atoms with E-state index in [4.69, 9.17) is 0 Å². The Balaban J connectivity index is 1.99. The molecule has 0 aliphatic heterocycles. The minimum atomic E-state index is -3.49. The van der Waals surface area contributed by atoms with E-state index in [9.17, 15) is 18.3 Å². The molecule has 6 nitrogen and oxygen atoms in total. The maximum absolute atomic E-state index is 11.9. The monoisotopic (exact) mass is 312 g/mol. The third-order valence-electron chi connectivity index (χ3n) is 3.53. The molecule has 1 aromatic rings. The summed E-state index contributed by atoms with van der Waals surface area (Å²) in [6.45, 7) is 0.223. The third kappa shape index (κ3) is 3.81. The number of sulfonamides is 1. The summed E-state index contributed by atoms with van der Waals surface area (Å²) in [6, 6.07) is 5.74. The van der Waals surface area contributed by atoms with Crippen LogP contribution in [0.2, 0.25) is 0 Å². The van der Waals surface area contributed by atoms with Crippen LogP contribution in [0.5, 0.6) is 0 Å². The predicted octanol–water partition coefficient (Wildman–Crippen LogP) is 0.438. The van der Waals surface area contributed by atoms with Gasteiger partial charge in [-0.05, 0) is 43.0 Å². The number of hydrogen-bond donors (Lipinski definition) is 2. The van der Waals surface area contributed by atoms with Gasteiger partial charge in [0.25, 0.3) is 5.91 Å². The Morgan fingerprint density at radius 1 is 1.33 bits per heavy atom. The van der Waals surface area contributed by atoms with Crippen LogP contribution in [0, 0.1) is 5.92 Å². The van der Waals surface area contributed by atoms with E-state index in [0.29, 0.717) is 11.5 Å². The average Bonchev–Trinajstić information content (AvgIpc) is 3.29. The lowest BCUT2D eigenvalue weighted by Crippen LogP contribution is -2.33. The molecule has 1 aromatic carbocycles. The first kappa shape index (κ1) is 15.9. The Hall–Kier alpha value is -1.44. The van der Waals surface area contributed by atoms with Gasteiger partial charge in [-0.15, -0.1) is 0 Å². The van der Waals surface area contributed by atoms with E-state index in [1.54, 1.807) is 0 Å². The van der Waals surface area contributed by atoms with Crippen LogP contribution in [0.4, 0.5) is 0 Å². The molecule has 1 aliphatic carbocycles. The molecule has 0 saturated heterocycles. The van der Waals surface area contributed by atoms with Gasteiger partial charge in [0, 0.05) is 26.2 Å². The number of hydrogen-bond acceptors (Lipinski definition) is 4. The van der Waals surface area contributed by atoms with Gasteiger partial charge in [-0.25, -0.2) is 12.7 Å². The minimum Gasteiger partial charge on any atom is -0.391 e. The van der Waals surface area contributed by atoms with Gasteiger partial charge in [-0.1, -0.05) is 0 Å². The number of benzene rings is 1. The van der Waals surface area contributed by atoms with E-state index in [-0.39, 0.29) is 17.3 Å². The zero-order valence-corrected chi connectivity index (χ0v) is 12.9. The number of rotatable bonds is 6. The van der Waals surface area contributed by atoms with Crippen LogP contribution in [-0.2, 0) is 10.0 Å². The molecule has 0 radical (unpaired) electrons. The summed E-state index contributed by atoms with van der Waals surface area (Å²) >= 11 is 0. The fourth-order valence-corrected chi connectivity index (χ4v) is 2.84. The molecule has 0 aromatic heterocycles. The van der Waals surface area contributed by atoms with Gasteiger partial charge in [0.1, 0.15) is 0 Å². The van der Waals surface area contributed by atoms with E-state index < -0.39 is 16.1 Å². The summed E-state index contributed by atoms with van der Waals surface area (Å²) in [5.74, 6) is -0.0126. The van der Waals surface area contributed by atoms with Crippen molar-refractivity contribution in [2.24, 2.45) is 5.92 Å². The van der Waals surface area contributed by atoms with Crippen molar-refractivity contribution in [3.8, 4) is 0 Å². The second-order valence-corrected chi connectivity index (χ2v) is 7.58. The zero-order chi connectivity index (χ0) is 15.6. The van der Waals surface area contributed by atoms with Gasteiger partial charge in [-0.2, -0.15) is 0 Å². The van der Waals surface area contributed by atoms with Gasteiger partial charge in [0.05, 0.1) is 11.0 Å². The average molecular weight is 312 g/mol. The van der Waals surface area contributed by atoms with Crippen LogP contribution in [0.3, 0.4) is 0 Å². The van der Waals surface area contributed by atoms with Gasteiger partial charge in [0.15, 0.2) is 0 Å². The highest BCUT2D eigenvalue weighted by atomic mass is 32.2. The van der Waals surface area contributed by atoms with E-state index in [2.05, 4.69) is 5.32 Å². The van der Waals surface area contributed by atoms with Gasteiger partial charge in [0.2, 0.25) is 10.0 Å². The summed E-state index contributed by atoms with van der Waals surface area (Å²) in [5, 5.41) is 12.3. The quantitative estimate of drug-likeness (QED) is 0.798. The molecule has 116 valence electrons. The van der Waals surface area contributed by atoms with Crippen molar-refractivity contribution in [3.05, 3.63) is 29.8 Å². The van der Waals surface area contributed by atoms with Crippen molar-refractivity contribution in [3.63, 3.8) is 0 Å². The minimum absolute atomic E-state index is 0.141. The lowest BCUT2D eigenvalue weighted by Gasteiger charge is -2.12. The molecule has 1 amide bonds. The maximum atomic E-state index is 11.9. The van der Waals surface area contributed by atoms with Crippen molar-refractivity contribution in [2.75, 3.05) is 20.6 Å². The van der Waals surface area contributed by atoms with Crippen molar-refractivity contribution in [1.82, 2.24) is 9.62 Å². The first-order valence-electron chi connectivity index (χ1n) is 6.81. The first-order chi connectivity index (χ1) is 9.82. The highest BCUT2D eigenvalue weighted by molar-refractivity contribution is 7.89. The largest absolute Gasteiger partial charge is 0.391 e. The number of nitrogens with one attached hydrogen (secondary N) is 1. The van der Waals surface area contributed by atoms with Crippen LogP contribution in [0.1, 0.15) is 23.2 Å². The second kappa shape index (κ2) is 6.13. The first-order valence-corrected chi connectivity index (χ1v) is 8.25. The van der Waals surface area contributed by atoms with Crippen LogP contribution in [0.25, 0.3) is 0 Å². The topological polar surface area (TPSA) is 86.7 Å². The van der Waals surface area contributed by atoms with E-state index in [1.807, 2.05) is 0 Å². The highest BCUT2D eigenvalue weighted by Gasteiger charge is 2.29. The molecular weight excluding hydrogens is 292 g/mol. The third-order valence-corrected chi connectivity index (χ3v) is 5.36. The van der Waals surface area contributed by atoms with Crippen LogP contribution < -0.4 is 5.32 Å². The Kier molecular flexibility index (Phi) is 4.65. The second-order valence-electron chi connectivity index (χ2n) is 5.43. The fraction of sp³-hybridized carbons (Fsp3) is 0.500. The predicted molar refractivity (Wildman–Crippen MR) is 78.4 cm³/mol. The molecule has 1 atom stereocenters. The van der Waals surface area contributed by atoms with Gasteiger partial charge in [-0.3, -0.25) is 4.79 Å². The molecule has 1 saturated carbocycles. The highest BCUT2D eigenvalue weighted by Crippen LogP contribution is 2.32. The molecule has 1 unspecified atom stereocenters. The van der Waals surface area contributed by atoms with Crippen LogP contribution >= 0.6 is 0 Å². The fourth-order valence-electron chi connectivity index (χ4n) is 1.94. The molecule has 0 bridgehead atoms. The van der Waals surface area contributed by atoms with Crippen molar-refractivity contribution in [1.29, 1.82) is 0 Å². The Labute approximate surface area is 124 Å².